The fourth-order valence-corrected chi connectivity index (χ4v) is 4.38. The first-order valence-corrected chi connectivity index (χ1v) is 9.53. The van der Waals surface area contributed by atoms with E-state index < -0.39 is 0 Å². The first-order valence-electron chi connectivity index (χ1n) is 9.53. The van der Waals surface area contributed by atoms with Crippen LogP contribution in [0.4, 0.5) is 0 Å². The highest BCUT2D eigenvalue weighted by Crippen LogP contribution is 2.39. The molecule has 2 unspecified atom stereocenters. The maximum absolute atomic E-state index is 11.3. The summed E-state index contributed by atoms with van der Waals surface area (Å²) in [5, 5.41) is 0. The van der Waals surface area contributed by atoms with Crippen LogP contribution >= 0.6 is 0 Å². The lowest BCUT2D eigenvalue weighted by molar-refractivity contribution is 0.143. The molecule has 0 radical (unpaired) electrons. The van der Waals surface area contributed by atoms with E-state index in [4.69, 9.17) is 9.47 Å². The summed E-state index contributed by atoms with van der Waals surface area (Å²) >= 11 is 0. The van der Waals surface area contributed by atoms with Gasteiger partial charge in [0.15, 0.2) is 6.10 Å². The lowest BCUT2D eigenvalue weighted by atomic mass is 9.74. The van der Waals surface area contributed by atoms with Crippen molar-refractivity contribution in [1.82, 2.24) is 9.55 Å². The molecule has 2 heterocycles. The highest BCUT2D eigenvalue weighted by molar-refractivity contribution is 5.30. The van der Waals surface area contributed by atoms with Gasteiger partial charge in [0.05, 0.1) is 6.54 Å². The normalized spacial score (nSPS) is 27.6. The van der Waals surface area contributed by atoms with E-state index in [1.54, 1.807) is 6.20 Å². The molecule has 5 nitrogen and oxygen atoms in total. The van der Waals surface area contributed by atoms with Crippen LogP contribution in [0.2, 0.25) is 0 Å². The summed E-state index contributed by atoms with van der Waals surface area (Å²) in [4.78, 5) is 15.1. The third-order valence-electron chi connectivity index (χ3n) is 5.49. The minimum atomic E-state index is -0.278. The topological polar surface area (TPSA) is 53.4 Å². The number of hydrogen-bond donors (Lipinski definition) is 0. The van der Waals surface area contributed by atoms with E-state index in [1.807, 2.05) is 4.57 Å². The van der Waals surface area contributed by atoms with Crippen molar-refractivity contribution in [1.29, 1.82) is 0 Å². The van der Waals surface area contributed by atoms with Crippen molar-refractivity contribution in [3.8, 4) is 11.8 Å². The summed E-state index contributed by atoms with van der Waals surface area (Å²) in [7, 11) is 0. The Kier molecular flexibility index (Phi) is 4.70. The molecule has 0 saturated heterocycles. The van der Waals surface area contributed by atoms with Crippen LogP contribution < -0.4 is 15.0 Å². The van der Waals surface area contributed by atoms with E-state index in [0.717, 1.165) is 17.6 Å². The molecular weight excluding hydrogens is 328 g/mol. The first kappa shape index (κ1) is 17.1. The zero-order valence-electron chi connectivity index (χ0n) is 15.4. The van der Waals surface area contributed by atoms with E-state index in [0.29, 0.717) is 25.1 Å². The van der Waals surface area contributed by atoms with Crippen molar-refractivity contribution in [2.75, 3.05) is 6.61 Å². The third kappa shape index (κ3) is 3.76. The van der Waals surface area contributed by atoms with Crippen LogP contribution in [0, 0.1) is 11.8 Å². The number of nitrogens with zero attached hydrogens (tertiary/aromatic N) is 2. The van der Waals surface area contributed by atoms with Gasteiger partial charge in [0, 0.05) is 12.3 Å². The molecule has 26 heavy (non-hydrogen) atoms. The van der Waals surface area contributed by atoms with Crippen LogP contribution in [-0.2, 0) is 6.54 Å². The Hall–Kier alpha value is -2.30. The number of hydrogen-bond acceptors (Lipinski definition) is 4. The van der Waals surface area contributed by atoms with Gasteiger partial charge < -0.3 is 9.47 Å². The van der Waals surface area contributed by atoms with Gasteiger partial charge in [-0.1, -0.05) is 26.0 Å². The van der Waals surface area contributed by atoms with Gasteiger partial charge in [0.2, 0.25) is 0 Å². The number of rotatable bonds is 4. The molecule has 0 bridgehead atoms. The summed E-state index contributed by atoms with van der Waals surface area (Å²) in [6.07, 6.45) is 5.51. The van der Waals surface area contributed by atoms with Crippen molar-refractivity contribution < 1.29 is 9.47 Å². The summed E-state index contributed by atoms with van der Waals surface area (Å²) in [5.41, 5.74) is 1.14. The van der Waals surface area contributed by atoms with Gasteiger partial charge in [0.1, 0.15) is 12.4 Å². The van der Waals surface area contributed by atoms with Crippen LogP contribution in [0.3, 0.4) is 0 Å². The van der Waals surface area contributed by atoms with Gasteiger partial charge in [-0.3, -0.25) is 9.36 Å². The molecule has 1 saturated carbocycles. The smallest absolute Gasteiger partial charge is 0.300 e. The number of aromatic nitrogens is 2. The van der Waals surface area contributed by atoms with E-state index in [9.17, 15) is 4.79 Å². The largest absolute Gasteiger partial charge is 0.490 e. The molecule has 2 aliphatic rings. The lowest BCUT2D eigenvalue weighted by Gasteiger charge is -2.31. The molecule has 1 fully saturated rings. The molecule has 2 aromatic rings. The van der Waals surface area contributed by atoms with Crippen molar-refractivity contribution in [2.24, 2.45) is 11.8 Å². The second-order valence-corrected chi connectivity index (χ2v) is 7.93. The van der Waals surface area contributed by atoms with E-state index in [1.165, 1.54) is 30.9 Å². The van der Waals surface area contributed by atoms with Gasteiger partial charge in [-0.2, -0.15) is 4.98 Å². The molecule has 1 aliphatic heterocycles. The summed E-state index contributed by atoms with van der Waals surface area (Å²) in [6, 6.07) is 10.3. The monoisotopic (exact) mass is 354 g/mol. The fourth-order valence-electron chi connectivity index (χ4n) is 4.38. The Morgan fingerprint density at radius 1 is 1.12 bits per heavy atom. The van der Waals surface area contributed by atoms with Gasteiger partial charge in [0.25, 0.3) is 11.6 Å². The van der Waals surface area contributed by atoms with Crippen LogP contribution in [0.15, 0.2) is 41.3 Å². The Morgan fingerprint density at radius 3 is 2.58 bits per heavy atom. The van der Waals surface area contributed by atoms with Crippen LogP contribution in [0.1, 0.15) is 44.6 Å². The van der Waals surface area contributed by atoms with Crippen molar-refractivity contribution in [3.05, 3.63) is 52.4 Å². The number of ether oxygens (including phenoxy) is 2. The molecule has 138 valence electrons. The summed E-state index contributed by atoms with van der Waals surface area (Å²) in [6.45, 7) is 5.82. The molecule has 1 aromatic carbocycles. The standard InChI is InChI=1S/C21H26N2O3/c1-14-9-15(2)11-17(10-14)16-3-5-18(6-4-16)25-13-19-12-23-8-7-20(24)22-21(23)26-19/h3-8,14-15,17,19H,9-13H2,1-2H3/t14?,15?,17?,19-/m0/s1. The molecule has 3 atom stereocenters. The number of fused-ring (bicyclic) bond motifs is 1. The Labute approximate surface area is 154 Å². The fraction of sp³-hybridized carbons (Fsp3) is 0.524. The van der Waals surface area contributed by atoms with Gasteiger partial charge in [-0.15, -0.1) is 0 Å². The number of benzene rings is 1. The van der Waals surface area contributed by atoms with Crippen molar-refractivity contribution >= 4 is 0 Å². The zero-order valence-corrected chi connectivity index (χ0v) is 15.4. The molecule has 1 aliphatic carbocycles. The predicted octanol–water partition coefficient (Wildman–Crippen LogP) is 3.62. The molecule has 0 N–H and O–H groups in total. The Bertz CT molecular complexity index is 805. The third-order valence-corrected chi connectivity index (χ3v) is 5.49. The van der Waals surface area contributed by atoms with E-state index in [2.05, 4.69) is 43.1 Å². The average Bonchev–Trinajstić information content (AvgIpc) is 3.01. The SMILES string of the molecule is CC1CC(C)CC(c2ccc(OC[C@@H]3Cn4ccc(=O)nc4O3)cc2)C1. The quantitative estimate of drug-likeness (QED) is 0.841. The highest BCUT2D eigenvalue weighted by Gasteiger charge is 2.26. The van der Waals surface area contributed by atoms with Crippen molar-refractivity contribution in [2.45, 2.75) is 51.7 Å². The maximum Gasteiger partial charge on any atom is 0.300 e. The van der Waals surface area contributed by atoms with Crippen LogP contribution in [0.25, 0.3) is 0 Å². The lowest BCUT2D eigenvalue weighted by Crippen LogP contribution is -2.23. The highest BCUT2D eigenvalue weighted by atomic mass is 16.6. The predicted molar refractivity (Wildman–Crippen MR) is 99.8 cm³/mol. The molecular formula is C21H26N2O3. The van der Waals surface area contributed by atoms with Gasteiger partial charge >= 0.3 is 0 Å². The second kappa shape index (κ2) is 7.14. The molecule has 4 rings (SSSR count). The van der Waals surface area contributed by atoms with Gasteiger partial charge in [-0.25, -0.2) is 0 Å². The Morgan fingerprint density at radius 2 is 1.85 bits per heavy atom. The molecule has 1 aromatic heterocycles. The molecule has 0 spiro atoms. The van der Waals surface area contributed by atoms with Crippen LogP contribution in [-0.4, -0.2) is 22.3 Å². The second-order valence-electron chi connectivity index (χ2n) is 7.93. The maximum atomic E-state index is 11.3. The minimum absolute atomic E-state index is 0.121. The summed E-state index contributed by atoms with van der Waals surface area (Å²) < 4.78 is 13.4. The van der Waals surface area contributed by atoms with Crippen molar-refractivity contribution in [3.63, 3.8) is 0 Å². The molecule has 0 amide bonds. The van der Waals surface area contributed by atoms with Crippen LogP contribution in [0.5, 0.6) is 11.8 Å². The zero-order chi connectivity index (χ0) is 18.1. The van der Waals surface area contributed by atoms with E-state index in [-0.39, 0.29) is 11.7 Å². The first-order chi connectivity index (χ1) is 12.6. The average molecular weight is 354 g/mol. The molecule has 5 heteroatoms. The van der Waals surface area contributed by atoms with Gasteiger partial charge in [-0.05, 0) is 54.7 Å². The summed E-state index contributed by atoms with van der Waals surface area (Å²) in [5.74, 6) is 3.13. The minimum Gasteiger partial charge on any atom is -0.490 e. The van der Waals surface area contributed by atoms with E-state index >= 15 is 0 Å². The Balaban J connectivity index is 1.33.